The van der Waals surface area contributed by atoms with E-state index < -0.39 is 0 Å². The molecule has 0 amide bonds. The molecular weight excluding hydrogens is 260 g/mol. The predicted octanol–water partition coefficient (Wildman–Crippen LogP) is 7.46. The summed E-state index contributed by atoms with van der Waals surface area (Å²) in [5, 5.41) is 2.20. The molecule has 0 spiro atoms. The van der Waals surface area contributed by atoms with Crippen molar-refractivity contribution in [3.8, 4) is 0 Å². The van der Waals surface area contributed by atoms with Crippen molar-refractivity contribution < 1.29 is 0 Å². The van der Waals surface area contributed by atoms with Gasteiger partial charge in [0.1, 0.15) is 0 Å². The van der Waals surface area contributed by atoms with E-state index in [9.17, 15) is 0 Å². The number of unbranched alkanes of at least 4 members (excludes halogenated alkanes) is 8. The molecule has 0 saturated carbocycles. The van der Waals surface area contributed by atoms with Crippen molar-refractivity contribution in [2.75, 3.05) is 0 Å². The molecule has 0 aromatic carbocycles. The van der Waals surface area contributed by atoms with E-state index in [2.05, 4.69) is 37.4 Å². The van der Waals surface area contributed by atoms with Crippen LogP contribution in [0.1, 0.15) is 89.4 Å². The molecule has 0 unspecified atom stereocenters. The van der Waals surface area contributed by atoms with Crippen molar-refractivity contribution >= 4 is 16.9 Å². The van der Waals surface area contributed by atoms with Crippen LogP contribution >= 0.6 is 11.3 Å². The summed E-state index contributed by atoms with van der Waals surface area (Å²) in [4.78, 5) is 1.49. The zero-order valence-corrected chi connectivity index (χ0v) is 14.3. The second-order valence-corrected chi connectivity index (χ2v) is 6.67. The van der Waals surface area contributed by atoms with E-state index in [4.69, 9.17) is 0 Å². The maximum absolute atomic E-state index is 2.52. The monoisotopic (exact) mass is 292 g/mol. The first kappa shape index (κ1) is 17.5. The van der Waals surface area contributed by atoms with Crippen LogP contribution in [0.2, 0.25) is 0 Å². The fourth-order valence-electron chi connectivity index (χ4n) is 2.55. The van der Waals surface area contributed by atoms with Gasteiger partial charge in [-0.3, -0.25) is 0 Å². The van der Waals surface area contributed by atoms with Gasteiger partial charge in [-0.25, -0.2) is 0 Å². The average molecular weight is 293 g/mol. The standard InChI is InChI=1S/C19H32S/c1-3-5-7-8-9-10-12-15-18(14-11-6-4-2)19-16-13-17-20-19/h13,15-17H,3-12,14H2,1-2H3/b18-15+. The van der Waals surface area contributed by atoms with Gasteiger partial charge in [0.25, 0.3) is 0 Å². The van der Waals surface area contributed by atoms with Gasteiger partial charge >= 0.3 is 0 Å². The van der Waals surface area contributed by atoms with Crippen LogP contribution in [0.25, 0.3) is 5.57 Å². The highest BCUT2D eigenvalue weighted by Gasteiger charge is 2.02. The molecule has 114 valence electrons. The zero-order chi connectivity index (χ0) is 14.5. The first-order chi connectivity index (χ1) is 9.88. The van der Waals surface area contributed by atoms with E-state index in [0.29, 0.717) is 0 Å². The van der Waals surface area contributed by atoms with Crippen LogP contribution < -0.4 is 0 Å². The Morgan fingerprint density at radius 3 is 2.35 bits per heavy atom. The maximum atomic E-state index is 2.52. The molecule has 0 aliphatic rings. The van der Waals surface area contributed by atoms with Crippen molar-refractivity contribution in [3.63, 3.8) is 0 Å². The Labute approximate surface area is 130 Å². The largest absolute Gasteiger partial charge is 0.144 e. The lowest BCUT2D eigenvalue weighted by Crippen LogP contribution is -1.84. The molecule has 0 bridgehead atoms. The van der Waals surface area contributed by atoms with Gasteiger partial charge in [0, 0.05) is 4.88 Å². The molecule has 1 aromatic heterocycles. The van der Waals surface area contributed by atoms with Crippen LogP contribution in [0, 0.1) is 0 Å². The summed E-state index contributed by atoms with van der Waals surface area (Å²) in [5.41, 5.74) is 1.60. The Hall–Kier alpha value is -0.560. The first-order valence-corrected chi connectivity index (χ1v) is 9.49. The Kier molecular flexibility index (Phi) is 10.7. The van der Waals surface area contributed by atoms with Crippen LogP contribution in [0.5, 0.6) is 0 Å². The van der Waals surface area contributed by atoms with E-state index in [0.717, 1.165) is 0 Å². The van der Waals surface area contributed by atoms with Gasteiger partial charge in [-0.2, -0.15) is 0 Å². The minimum Gasteiger partial charge on any atom is -0.144 e. The number of hydrogen-bond donors (Lipinski definition) is 0. The normalized spacial score (nSPS) is 12.0. The lowest BCUT2D eigenvalue weighted by Gasteiger charge is -2.06. The van der Waals surface area contributed by atoms with Gasteiger partial charge in [-0.1, -0.05) is 70.9 Å². The molecule has 0 nitrogen and oxygen atoms in total. The Bertz CT molecular complexity index is 335. The minimum atomic E-state index is 1.27. The molecule has 1 heteroatoms. The summed E-state index contributed by atoms with van der Waals surface area (Å²) in [5.74, 6) is 0. The molecule has 0 aliphatic heterocycles. The van der Waals surface area contributed by atoms with Crippen LogP contribution in [0.4, 0.5) is 0 Å². The number of thiophene rings is 1. The fourth-order valence-corrected chi connectivity index (χ4v) is 3.35. The van der Waals surface area contributed by atoms with Crippen molar-refractivity contribution in [2.45, 2.75) is 84.5 Å². The molecule has 0 N–H and O–H groups in total. The van der Waals surface area contributed by atoms with Crippen LogP contribution in [0.3, 0.4) is 0 Å². The zero-order valence-electron chi connectivity index (χ0n) is 13.5. The van der Waals surface area contributed by atoms with Gasteiger partial charge < -0.3 is 0 Å². The van der Waals surface area contributed by atoms with Crippen LogP contribution in [-0.2, 0) is 0 Å². The van der Waals surface area contributed by atoms with Crippen molar-refractivity contribution in [1.29, 1.82) is 0 Å². The lowest BCUT2D eigenvalue weighted by molar-refractivity contribution is 0.611. The molecule has 0 radical (unpaired) electrons. The lowest BCUT2D eigenvalue weighted by atomic mass is 10.0. The first-order valence-electron chi connectivity index (χ1n) is 8.61. The second kappa shape index (κ2) is 12.2. The predicted molar refractivity (Wildman–Crippen MR) is 94.4 cm³/mol. The summed E-state index contributed by atoms with van der Waals surface area (Å²) < 4.78 is 0. The molecule has 1 rings (SSSR count). The summed E-state index contributed by atoms with van der Waals surface area (Å²) in [7, 11) is 0. The van der Waals surface area contributed by atoms with E-state index in [1.54, 1.807) is 5.57 Å². The molecule has 20 heavy (non-hydrogen) atoms. The summed E-state index contributed by atoms with van der Waals surface area (Å²) in [6.45, 7) is 4.57. The number of hydrogen-bond acceptors (Lipinski definition) is 1. The minimum absolute atomic E-state index is 1.27. The summed E-state index contributed by atoms with van der Waals surface area (Å²) in [6.07, 6.45) is 17.5. The van der Waals surface area contributed by atoms with Crippen LogP contribution in [0.15, 0.2) is 23.6 Å². The van der Waals surface area contributed by atoms with Gasteiger partial charge in [0.2, 0.25) is 0 Å². The Balaban J connectivity index is 2.29. The summed E-state index contributed by atoms with van der Waals surface area (Å²) >= 11 is 1.90. The molecular formula is C19H32S. The van der Waals surface area contributed by atoms with Crippen LogP contribution in [-0.4, -0.2) is 0 Å². The maximum Gasteiger partial charge on any atom is 0.0299 e. The van der Waals surface area contributed by atoms with Crippen molar-refractivity contribution in [3.05, 3.63) is 28.5 Å². The highest BCUT2D eigenvalue weighted by Crippen LogP contribution is 2.26. The highest BCUT2D eigenvalue weighted by molar-refractivity contribution is 7.11. The molecule has 0 aliphatic carbocycles. The van der Waals surface area contributed by atoms with E-state index in [1.807, 2.05) is 11.3 Å². The molecule has 1 aromatic rings. The Morgan fingerprint density at radius 1 is 0.950 bits per heavy atom. The molecule has 1 heterocycles. The van der Waals surface area contributed by atoms with Gasteiger partial charge in [0.05, 0.1) is 0 Å². The van der Waals surface area contributed by atoms with Gasteiger partial charge in [-0.15, -0.1) is 11.3 Å². The van der Waals surface area contributed by atoms with Gasteiger partial charge in [-0.05, 0) is 42.7 Å². The van der Waals surface area contributed by atoms with Gasteiger partial charge in [0.15, 0.2) is 0 Å². The van der Waals surface area contributed by atoms with Crippen molar-refractivity contribution in [2.24, 2.45) is 0 Å². The molecule has 0 atom stereocenters. The molecule has 0 saturated heterocycles. The third-order valence-corrected chi connectivity index (χ3v) is 4.78. The number of allylic oxidation sites excluding steroid dienone is 2. The highest BCUT2D eigenvalue weighted by atomic mass is 32.1. The topological polar surface area (TPSA) is 0 Å². The van der Waals surface area contributed by atoms with E-state index in [1.165, 1.54) is 75.5 Å². The second-order valence-electron chi connectivity index (χ2n) is 5.72. The van der Waals surface area contributed by atoms with E-state index in [-0.39, 0.29) is 0 Å². The third-order valence-electron chi connectivity index (χ3n) is 3.84. The average Bonchev–Trinajstić information content (AvgIpc) is 2.98. The van der Waals surface area contributed by atoms with E-state index >= 15 is 0 Å². The Morgan fingerprint density at radius 2 is 1.65 bits per heavy atom. The number of rotatable bonds is 12. The SMILES string of the molecule is CCCCCCCC/C=C(\CCCCC)c1cccs1. The van der Waals surface area contributed by atoms with Crippen molar-refractivity contribution in [1.82, 2.24) is 0 Å². The molecule has 0 fully saturated rings. The fraction of sp³-hybridized carbons (Fsp3) is 0.684. The third kappa shape index (κ3) is 7.89. The summed E-state index contributed by atoms with van der Waals surface area (Å²) in [6, 6.07) is 4.46. The smallest absolute Gasteiger partial charge is 0.0299 e. The quantitative estimate of drug-likeness (QED) is 0.351.